The highest BCUT2D eigenvalue weighted by molar-refractivity contribution is 7.99. The number of rotatable bonds is 10. The smallest absolute Gasteiger partial charge is 0.243 e. The molecule has 2 amide bonds. The van der Waals surface area contributed by atoms with Gasteiger partial charge in [-0.1, -0.05) is 73.8 Å². The number of benzene rings is 2. The van der Waals surface area contributed by atoms with Crippen molar-refractivity contribution in [2.45, 2.75) is 63.4 Å². The van der Waals surface area contributed by atoms with Crippen molar-refractivity contribution in [1.82, 2.24) is 10.2 Å². The zero-order valence-electron chi connectivity index (χ0n) is 18.1. The van der Waals surface area contributed by atoms with Crippen molar-refractivity contribution in [2.24, 2.45) is 0 Å². The number of thioether (sulfide) groups is 1. The number of nitrogens with zero attached hydrogens (tertiary/aromatic N) is 1. The minimum absolute atomic E-state index is 0.00348. The predicted octanol–water partition coefficient (Wildman–Crippen LogP) is 5.44. The summed E-state index contributed by atoms with van der Waals surface area (Å²) in [6.07, 6.45) is 4.99. The van der Waals surface area contributed by atoms with Gasteiger partial charge in [-0.2, -0.15) is 0 Å². The van der Waals surface area contributed by atoms with Crippen LogP contribution in [-0.2, 0) is 21.9 Å². The van der Waals surface area contributed by atoms with Gasteiger partial charge in [0.2, 0.25) is 11.8 Å². The van der Waals surface area contributed by atoms with Gasteiger partial charge in [0.15, 0.2) is 0 Å². The molecule has 0 unspecified atom stereocenters. The van der Waals surface area contributed by atoms with Crippen LogP contribution in [0.3, 0.4) is 0 Å². The minimum atomic E-state index is -0.454. The first-order chi connectivity index (χ1) is 15.1. The second-order valence-corrected chi connectivity index (χ2v) is 9.46. The van der Waals surface area contributed by atoms with E-state index in [-0.39, 0.29) is 17.9 Å². The van der Waals surface area contributed by atoms with Crippen molar-refractivity contribution in [3.8, 4) is 0 Å². The second kappa shape index (κ2) is 12.2. The summed E-state index contributed by atoms with van der Waals surface area (Å²) in [5.74, 6) is 1.04. The fraction of sp³-hybridized carbons (Fsp3) is 0.440. The summed E-state index contributed by atoms with van der Waals surface area (Å²) < 4.78 is 0. The molecule has 0 aromatic heterocycles. The molecule has 1 fully saturated rings. The topological polar surface area (TPSA) is 49.4 Å². The third-order valence-electron chi connectivity index (χ3n) is 5.69. The van der Waals surface area contributed by atoms with Crippen molar-refractivity contribution < 1.29 is 9.59 Å². The quantitative estimate of drug-likeness (QED) is 0.515. The molecular weight excluding hydrogens is 428 g/mol. The van der Waals surface area contributed by atoms with Crippen molar-refractivity contribution >= 4 is 35.2 Å². The van der Waals surface area contributed by atoms with E-state index < -0.39 is 6.04 Å². The predicted molar refractivity (Wildman–Crippen MR) is 129 cm³/mol. The molecule has 1 aliphatic carbocycles. The van der Waals surface area contributed by atoms with Crippen LogP contribution < -0.4 is 5.32 Å². The highest BCUT2D eigenvalue weighted by Crippen LogP contribution is 2.21. The Balaban J connectivity index is 1.66. The number of nitrogens with one attached hydrogen (secondary N) is 1. The normalized spacial score (nSPS) is 14.9. The number of hydrogen-bond acceptors (Lipinski definition) is 3. The van der Waals surface area contributed by atoms with Crippen LogP contribution in [0.2, 0.25) is 5.02 Å². The van der Waals surface area contributed by atoms with E-state index in [2.05, 4.69) is 5.32 Å². The maximum atomic E-state index is 13.2. The van der Waals surface area contributed by atoms with Crippen molar-refractivity contribution in [1.29, 1.82) is 0 Å². The lowest BCUT2D eigenvalue weighted by Crippen LogP contribution is -2.51. The van der Waals surface area contributed by atoms with Gasteiger partial charge in [0.25, 0.3) is 0 Å². The average Bonchev–Trinajstić information content (AvgIpc) is 3.28. The summed E-state index contributed by atoms with van der Waals surface area (Å²) in [6, 6.07) is 17.4. The molecule has 31 heavy (non-hydrogen) atoms. The molecule has 2 aromatic rings. The lowest BCUT2D eigenvalue weighted by molar-refractivity contribution is -0.139. The summed E-state index contributed by atoms with van der Waals surface area (Å²) in [6.45, 7) is 2.42. The molecule has 3 rings (SSSR count). The fourth-order valence-corrected chi connectivity index (χ4v) is 4.98. The molecule has 0 spiro atoms. The minimum Gasteiger partial charge on any atom is -0.352 e. The van der Waals surface area contributed by atoms with E-state index in [0.717, 1.165) is 42.6 Å². The SMILES string of the molecule is CC[C@H](C(=O)NC1CCCC1)N(Cc1ccccc1)C(=O)CSCc1ccc(Cl)cc1. The fourth-order valence-electron chi connectivity index (χ4n) is 3.99. The first-order valence-electron chi connectivity index (χ1n) is 11.0. The Labute approximate surface area is 194 Å². The Kier molecular flexibility index (Phi) is 9.29. The van der Waals surface area contributed by atoms with Crippen LogP contribution in [0.15, 0.2) is 54.6 Å². The molecule has 0 aliphatic heterocycles. The molecule has 4 nitrogen and oxygen atoms in total. The molecule has 1 saturated carbocycles. The van der Waals surface area contributed by atoms with Gasteiger partial charge in [0.1, 0.15) is 6.04 Å². The summed E-state index contributed by atoms with van der Waals surface area (Å²) in [4.78, 5) is 28.1. The van der Waals surface area contributed by atoms with E-state index >= 15 is 0 Å². The molecule has 2 aromatic carbocycles. The van der Waals surface area contributed by atoms with Crippen LogP contribution in [-0.4, -0.2) is 34.6 Å². The number of carbonyl (C=O) groups excluding carboxylic acids is 2. The Morgan fingerprint density at radius 3 is 2.39 bits per heavy atom. The molecule has 1 aliphatic rings. The van der Waals surface area contributed by atoms with E-state index in [1.54, 1.807) is 16.7 Å². The molecular formula is C25H31ClN2O2S. The number of amides is 2. The highest BCUT2D eigenvalue weighted by atomic mass is 35.5. The molecule has 1 N–H and O–H groups in total. The lowest BCUT2D eigenvalue weighted by Gasteiger charge is -2.31. The lowest BCUT2D eigenvalue weighted by atomic mass is 10.1. The summed E-state index contributed by atoms with van der Waals surface area (Å²) >= 11 is 7.52. The number of hydrogen-bond donors (Lipinski definition) is 1. The van der Waals surface area contributed by atoms with Crippen LogP contribution in [0.5, 0.6) is 0 Å². The van der Waals surface area contributed by atoms with E-state index in [1.165, 1.54) is 0 Å². The standard InChI is InChI=1S/C25H31ClN2O2S/c1-2-23(25(30)27-22-10-6-7-11-22)28(16-19-8-4-3-5-9-19)24(29)18-31-17-20-12-14-21(26)15-13-20/h3-5,8-9,12-15,22-23H,2,6-7,10-11,16-18H2,1H3,(H,27,30)/t23-/m1/s1. The summed E-state index contributed by atoms with van der Waals surface area (Å²) in [7, 11) is 0. The molecule has 0 heterocycles. The zero-order chi connectivity index (χ0) is 22.1. The second-order valence-electron chi connectivity index (χ2n) is 8.04. The largest absolute Gasteiger partial charge is 0.352 e. The maximum absolute atomic E-state index is 13.2. The Bertz CT molecular complexity index is 838. The van der Waals surface area contributed by atoms with Gasteiger partial charge in [-0.05, 0) is 42.5 Å². The monoisotopic (exact) mass is 458 g/mol. The number of carbonyl (C=O) groups is 2. The van der Waals surface area contributed by atoms with Gasteiger partial charge < -0.3 is 10.2 Å². The van der Waals surface area contributed by atoms with Crippen molar-refractivity contribution in [2.75, 3.05) is 5.75 Å². The van der Waals surface area contributed by atoms with E-state index in [1.807, 2.05) is 61.5 Å². The van der Waals surface area contributed by atoms with Gasteiger partial charge in [0.05, 0.1) is 5.75 Å². The average molecular weight is 459 g/mol. The first-order valence-corrected chi connectivity index (χ1v) is 12.6. The van der Waals surface area contributed by atoms with Crippen LogP contribution in [0.25, 0.3) is 0 Å². The summed E-state index contributed by atoms with van der Waals surface area (Å²) in [5, 5.41) is 3.89. The van der Waals surface area contributed by atoms with E-state index in [0.29, 0.717) is 23.7 Å². The van der Waals surface area contributed by atoms with Gasteiger partial charge >= 0.3 is 0 Å². The van der Waals surface area contributed by atoms with Gasteiger partial charge in [-0.25, -0.2) is 0 Å². The first kappa shape index (κ1) is 23.7. The molecule has 166 valence electrons. The molecule has 0 bridgehead atoms. The van der Waals surface area contributed by atoms with Gasteiger partial charge in [0, 0.05) is 23.4 Å². The molecule has 0 saturated heterocycles. The number of halogens is 1. The Hall–Kier alpha value is -1.98. The molecule has 6 heteroatoms. The van der Waals surface area contributed by atoms with Gasteiger partial charge in [-0.15, -0.1) is 11.8 Å². The maximum Gasteiger partial charge on any atom is 0.243 e. The van der Waals surface area contributed by atoms with Crippen molar-refractivity contribution in [3.63, 3.8) is 0 Å². The van der Waals surface area contributed by atoms with Crippen LogP contribution in [0, 0.1) is 0 Å². The van der Waals surface area contributed by atoms with Crippen LogP contribution in [0.1, 0.15) is 50.2 Å². The van der Waals surface area contributed by atoms with Crippen molar-refractivity contribution in [3.05, 3.63) is 70.7 Å². The summed E-state index contributed by atoms with van der Waals surface area (Å²) in [5.41, 5.74) is 2.16. The Morgan fingerprint density at radius 2 is 1.74 bits per heavy atom. The van der Waals surface area contributed by atoms with Crippen LogP contribution in [0.4, 0.5) is 0 Å². The Morgan fingerprint density at radius 1 is 1.06 bits per heavy atom. The van der Waals surface area contributed by atoms with Gasteiger partial charge in [-0.3, -0.25) is 9.59 Å². The molecule has 1 atom stereocenters. The van der Waals surface area contributed by atoms with Crippen LogP contribution >= 0.6 is 23.4 Å². The van der Waals surface area contributed by atoms with E-state index in [4.69, 9.17) is 11.6 Å². The zero-order valence-corrected chi connectivity index (χ0v) is 19.6. The van der Waals surface area contributed by atoms with E-state index in [9.17, 15) is 9.59 Å². The third-order valence-corrected chi connectivity index (χ3v) is 6.93. The third kappa shape index (κ3) is 7.29. The highest BCUT2D eigenvalue weighted by Gasteiger charge is 2.30. The molecule has 0 radical (unpaired) electrons.